The number of phenols is 1. The summed E-state index contributed by atoms with van der Waals surface area (Å²) in [5, 5.41) is 13.1. The molecule has 0 bridgehead atoms. The number of morpholine rings is 1. The maximum Gasteiger partial charge on any atom is 0.224 e. The van der Waals surface area contributed by atoms with Crippen LogP contribution in [0.15, 0.2) is 18.2 Å². The van der Waals surface area contributed by atoms with E-state index in [1.54, 1.807) is 18.2 Å². The number of ether oxygens (including phenoxy) is 1. The van der Waals surface area contributed by atoms with Crippen LogP contribution < -0.4 is 11.1 Å². The van der Waals surface area contributed by atoms with Crippen LogP contribution in [0.25, 0.3) is 0 Å². The van der Waals surface area contributed by atoms with E-state index in [4.69, 9.17) is 22.1 Å². The monoisotopic (exact) mass is 381 g/mol. The Hall–Kier alpha value is -1.83. The summed E-state index contributed by atoms with van der Waals surface area (Å²) < 4.78 is 5.88. The first kappa shape index (κ1) is 18.9. The van der Waals surface area contributed by atoms with E-state index in [0.717, 1.165) is 12.1 Å². The summed E-state index contributed by atoms with van der Waals surface area (Å²) in [7, 11) is 0. The van der Waals surface area contributed by atoms with Crippen molar-refractivity contribution in [2.45, 2.75) is 25.5 Å². The largest absolute Gasteiger partial charge is 0.508 e. The van der Waals surface area contributed by atoms with E-state index in [1.807, 2.05) is 6.92 Å². The minimum Gasteiger partial charge on any atom is -0.508 e. The van der Waals surface area contributed by atoms with Crippen molar-refractivity contribution >= 4 is 23.4 Å². The number of carbonyl (C=O) groups excluding carboxylic acids is 2. The molecule has 0 spiro atoms. The molecule has 1 saturated heterocycles. The molecule has 1 saturated carbocycles. The summed E-state index contributed by atoms with van der Waals surface area (Å²) in [6.07, 6.45) is 0.529. The summed E-state index contributed by atoms with van der Waals surface area (Å²) in [6.45, 7) is 4.79. The topological polar surface area (TPSA) is 105 Å². The van der Waals surface area contributed by atoms with Gasteiger partial charge in [0.2, 0.25) is 11.8 Å². The number of nitrogens with zero attached hydrogens (tertiary/aromatic N) is 1. The average Bonchev–Trinajstić information content (AvgIpc) is 3.37. The molecule has 1 aliphatic carbocycles. The summed E-state index contributed by atoms with van der Waals surface area (Å²) in [4.78, 5) is 25.4. The van der Waals surface area contributed by atoms with Crippen LogP contribution in [0, 0.1) is 11.8 Å². The third kappa shape index (κ3) is 4.47. The standard InChI is InChI=1S/C18H24ClN3O4/c1-18(9-21-17(25)14-7-13(14)16(20)24)10-22(4-5-26-18)8-11-6-12(23)2-3-15(11)19/h2-3,6,13-14,23H,4-5,7-10H2,1H3,(H2,20,24)(H,21,25)/t13-,14+,18?/m0/s1. The van der Waals surface area contributed by atoms with Gasteiger partial charge in [0.05, 0.1) is 24.0 Å². The zero-order valence-electron chi connectivity index (χ0n) is 14.7. The fourth-order valence-corrected chi connectivity index (χ4v) is 3.57. The molecule has 7 nitrogen and oxygen atoms in total. The van der Waals surface area contributed by atoms with E-state index >= 15 is 0 Å². The number of benzene rings is 1. The Bertz CT molecular complexity index is 714. The summed E-state index contributed by atoms with van der Waals surface area (Å²) in [5.41, 5.74) is 5.54. The van der Waals surface area contributed by atoms with Gasteiger partial charge in [-0.25, -0.2) is 0 Å². The Kier molecular flexibility index (Phi) is 5.41. The fraction of sp³-hybridized carbons (Fsp3) is 0.556. The SMILES string of the molecule is CC1(CNC(=O)[C@@H]2C[C@@H]2C(N)=O)CN(Cc2cc(O)ccc2Cl)CCO1. The average molecular weight is 382 g/mol. The number of nitrogens with two attached hydrogens (primary N) is 1. The number of aromatic hydroxyl groups is 1. The summed E-state index contributed by atoms with van der Waals surface area (Å²) in [5.74, 6) is -1.02. The first-order chi connectivity index (χ1) is 12.3. The van der Waals surface area contributed by atoms with Gasteiger partial charge in [-0.05, 0) is 37.1 Å². The van der Waals surface area contributed by atoms with Gasteiger partial charge < -0.3 is 20.9 Å². The minimum absolute atomic E-state index is 0.147. The highest BCUT2D eigenvalue weighted by molar-refractivity contribution is 6.31. The number of hydrogen-bond donors (Lipinski definition) is 3. The van der Waals surface area contributed by atoms with Crippen LogP contribution in [0.5, 0.6) is 5.75 Å². The number of primary amides is 1. The van der Waals surface area contributed by atoms with Gasteiger partial charge in [0.15, 0.2) is 0 Å². The van der Waals surface area contributed by atoms with E-state index in [1.165, 1.54) is 0 Å². The van der Waals surface area contributed by atoms with Gasteiger partial charge in [0.25, 0.3) is 0 Å². The molecule has 2 aliphatic rings. The highest BCUT2D eigenvalue weighted by Gasteiger charge is 2.47. The first-order valence-electron chi connectivity index (χ1n) is 8.68. The highest BCUT2D eigenvalue weighted by Crippen LogP contribution is 2.38. The third-order valence-corrected chi connectivity index (χ3v) is 5.34. The lowest BCUT2D eigenvalue weighted by molar-refractivity contribution is -0.129. The number of carbonyl (C=O) groups is 2. The van der Waals surface area contributed by atoms with E-state index in [-0.39, 0.29) is 23.5 Å². The van der Waals surface area contributed by atoms with Crippen LogP contribution in [0.3, 0.4) is 0 Å². The molecule has 26 heavy (non-hydrogen) atoms. The Balaban J connectivity index is 1.54. The predicted molar refractivity (Wildman–Crippen MR) is 96.6 cm³/mol. The summed E-state index contributed by atoms with van der Waals surface area (Å²) >= 11 is 6.21. The second-order valence-electron chi connectivity index (χ2n) is 7.35. The van der Waals surface area contributed by atoms with Crippen molar-refractivity contribution in [1.29, 1.82) is 0 Å². The van der Waals surface area contributed by atoms with Crippen LogP contribution in [-0.2, 0) is 20.9 Å². The number of rotatable bonds is 6. The highest BCUT2D eigenvalue weighted by atomic mass is 35.5. The smallest absolute Gasteiger partial charge is 0.224 e. The molecule has 4 N–H and O–H groups in total. The molecule has 1 unspecified atom stereocenters. The molecular formula is C18H24ClN3O4. The van der Waals surface area contributed by atoms with Crippen LogP contribution >= 0.6 is 11.6 Å². The van der Waals surface area contributed by atoms with E-state index in [0.29, 0.717) is 37.7 Å². The number of hydrogen-bond acceptors (Lipinski definition) is 5. The normalized spacial score (nSPS) is 28.5. The molecular weight excluding hydrogens is 358 g/mol. The van der Waals surface area contributed by atoms with Gasteiger partial charge in [0, 0.05) is 31.2 Å². The van der Waals surface area contributed by atoms with Gasteiger partial charge in [-0.2, -0.15) is 0 Å². The fourth-order valence-electron chi connectivity index (χ4n) is 3.39. The van der Waals surface area contributed by atoms with Crippen molar-refractivity contribution in [1.82, 2.24) is 10.2 Å². The number of nitrogens with one attached hydrogen (secondary N) is 1. The molecule has 1 heterocycles. The van der Waals surface area contributed by atoms with Gasteiger partial charge >= 0.3 is 0 Å². The minimum atomic E-state index is -0.533. The molecule has 3 atom stereocenters. The lowest BCUT2D eigenvalue weighted by Gasteiger charge is -2.40. The zero-order chi connectivity index (χ0) is 18.9. The molecule has 2 fully saturated rings. The number of amides is 2. The molecule has 1 aromatic rings. The van der Waals surface area contributed by atoms with E-state index in [9.17, 15) is 14.7 Å². The van der Waals surface area contributed by atoms with Crippen molar-refractivity contribution in [3.63, 3.8) is 0 Å². The molecule has 0 aromatic heterocycles. The molecule has 8 heteroatoms. The Labute approximate surface area is 157 Å². The maximum atomic E-state index is 12.1. The van der Waals surface area contributed by atoms with Crippen molar-refractivity contribution in [3.05, 3.63) is 28.8 Å². The molecule has 1 aliphatic heterocycles. The lowest BCUT2D eigenvalue weighted by Crippen LogP contribution is -2.55. The lowest BCUT2D eigenvalue weighted by atomic mass is 10.0. The molecule has 142 valence electrons. The Morgan fingerprint density at radius 3 is 2.92 bits per heavy atom. The first-order valence-corrected chi connectivity index (χ1v) is 9.06. The van der Waals surface area contributed by atoms with Crippen LogP contribution in [0.2, 0.25) is 5.02 Å². The maximum absolute atomic E-state index is 12.1. The second-order valence-corrected chi connectivity index (χ2v) is 7.76. The van der Waals surface area contributed by atoms with E-state index < -0.39 is 11.5 Å². The van der Waals surface area contributed by atoms with Crippen molar-refractivity contribution < 1.29 is 19.4 Å². The molecule has 2 amide bonds. The van der Waals surface area contributed by atoms with Crippen LogP contribution in [0.1, 0.15) is 18.9 Å². The second kappa shape index (κ2) is 7.42. The number of halogens is 1. The Morgan fingerprint density at radius 2 is 2.23 bits per heavy atom. The predicted octanol–water partition coefficient (Wildman–Crippen LogP) is 0.874. The molecule has 0 radical (unpaired) electrons. The summed E-state index contributed by atoms with van der Waals surface area (Å²) in [6, 6.07) is 4.90. The van der Waals surface area contributed by atoms with Gasteiger partial charge in [-0.1, -0.05) is 11.6 Å². The van der Waals surface area contributed by atoms with Crippen molar-refractivity contribution in [2.24, 2.45) is 17.6 Å². The van der Waals surface area contributed by atoms with Crippen molar-refractivity contribution in [2.75, 3.05) is 26.2 Å². The van der Waals surface area contributed by atoms with Crippen LogP contribution in [-0.4, -0.2) is 53.7 Å². The third-order valence-electron chi connectivity index (χ3n) is 4.97. The van der Waals surface area contributed by atoms with Gasteiger partial charge in [-0.15, -0.1) is 0 Å². The Morgan fingerprint density at radius 1 is 1.46 bits per heavy atom. The van der Waals surface area contributed by atoms with Crippen molar-refractivity contribution in [3.8, 4) is 5.75 Å². The molecule has 1 aromatic carbocycles. The number of phenolic OH excluding ortho intramolecular Hbond substituents is 1. The van der Waals surface area contributed by atoms with Gasteiger partial charge in [0.1, 0.15) is 5.75 Å². The van der Waals surface area contributed by atoms with E-state index in [2.05, 4.69) is 10.2 Å². The zero-order valence-corrected chi connectivity index (χ0v) is 15.5. The quantitative estimate of drug-likeness (QED) is 0.678. The van der Waals surface area contributed by atoms with Crippen LogP contribution in [0.4, 0.5) is 0 Å². The molecule has 3 rings (SSSR count). The van der Waals surface area contributed by atoms with Gasteiger partial charge in [-0.3, -0.25) is 14.5 Å².